The molecule has 0 radical (unpaired) electrons. The molecule has 0 fully saturated rings. The molecule has 0 atom stereocenters. The van der Waals surface area contributed by atoms with Crippen LogP contribution in [0, 0.1) is 0 Å². The molecule has 1 aromatic heterocycles. The first kappa shape index (κ1) is 22.2. The monoisotopic (exact) mass is 445 g/mol. The number of para-hydroxylation sites is 2. The Hall–Kier alpha value is -4.00. The zero-order chi connectivity index (χ0) is 23.0. The molecule has 3 aromatic carbocycles. The van der Waals surface area contributed by atoms with Gasteiger partial charge in [0.05, 0.1) is 31.8 Å². The van der Waals surface area contributed by atoms with Gasteiger partial charge in [-0.1, -0.05) is 18.2 Å². The summed E-state index contributed by atoms with van der Waals surface area (Å²) in [6.07, 6.45) is 0.604. The van der Waals surface area contributed by atoms with Crippen molar-refractivity contribution in [3.8, 4) is 17.2 Å². The van der Waals surface area contributed by atoms with Gasteiger partial charge in [-0.2, -0.15) is 0 Å². The fraction of sp³-hybridized carbons (Fsp3) is 0.231. The molecule has 7 nitrogen and oxygen atoms in total. The van der Waals surface area contributed by atoms with E-state index in [9.17, 15) is 4.79 Å². The molecule has 0 spiro atoms. The van der Waals surface area contributed by atoms with Crippen molar-refractivity contribution in [3.05, 3.63) is 84.2 Å². The van der Waals surface area contributed by atoms with Crippen LogP contribution < -0.4 is 19.5 Å². The molecule has 0 aliphatic heterocycles. The number of hydrogen-bond acceptors (Lipinski definition) is 5. The summed E-state index contributed by atoms with van der Waals surface area (Å²) in [5.41, 5.74) is 2.54. The Morgan fingerprint density at radius 2 is 1.67 bits per heavy atom. The number of carbonyl (C=O) groups is 1. The van der Waals surface area contributed by atoms with Crippen LogP contribution in [0.2, 0.25) is 0 Å². The molecular formula is C26H27N3O4. The topological polar surface area (TPSA) is 74.6 Å². The van der Waals surface area contributed by atoms with Gasteiger partial charge in [0.15, 0.2) is 0 Å². The molecule has 0 saturated heterocycles. The van der Waals surface area contributed by atoms with E-state index < -0.39 is 0 Å². The van der Waals surface area contributed by atoms with Crippen LogP contribution in [0.1, 0.15) is 16.2 Å². The van der Waals surface area contributed by atoms with Gasteiger partial charge in [0, 0.05) is 18.5 Å². The van der Waals surface area contributed by atoms with Crippen LogP contribution in [-0.4, -0.2) is 42.8 Å². The Morgan fingerprint density at radius 3 is 2.45 bits per heavy atom. The summed E-state index contributed by atoms with van der Waals surface area (Å²) < 4.78 is 18.5. The van der Waals surface area contributed by atoms with Crippen molar-refractivity contribution in [1.29, 1.82) is 0 Å². The summed E-state index contributed by atoms with van der Waals surface area (Å²) in [6, 6.07) is 22.6. The lowest BCUT2D eigenvalue weighted by atomic mass is 10.2. The zero-order valence-electron chi connectivity index (χ0n) is 18.8. The number of fused-ring (bicyclic) bond motifs is 1. The van der Waals surface area contributed by atoms with E-state index in [2.05, 4.69) is 9.88 Å². The van der Waals surface area contributed by atoms with Gasteiger partial charge in [0.1, 0.15) is 29.7 Å². The van der Waals surface area contributed by atoms with Gasteiger partial charge in [-0.15, -0.1) is 0 Å². The van der Waals surface area contributed by atoms with Crippen molar-refractivity contribution in [3.63, 3.8) is 0 Å². The summed E-state index contributed by atoms with van der Waals surface area (Å²) in [5.74, 6) is 3.00. The number of imidazole rings is 1. The van der Waals surface area contributed by atoms with E-state index in [1.807, 2.05) is 54.6 Å². The third kappa shape index (κ3) is 5.44. The van der Waals surface area contributed by atoms with Crippen LogP contribution >= 0.6 is 0 Å². The number of ether oxygens (including phenoxy) is 3. The Labute approximate surface area is 192 Å². The van der Waals surface area contributed by atoms with Crippen molar-refractivity contribution >= 4 is 16.9 Å². The predicted octanol–water partition coefficient (Wildman–Crippen LogP) is 4.11. The number of benzene rings is 3. The predicted molar refractivity (Wildman–Crippen MR) is 127 cm³/mol. The lowest BCUT2D eigenvalue weighted by Gasteiger charge is -2.12. The van der Waals surface area contributed by atoms with E-state index in [-0.39, 0.29) is 5.91 Å². The third-order valence-electron chi connectivity index (χ3n) is 5.34. The lowest BCUT2D eigenvalue weighted by molar-refractivity contribution is 0.0953. The maximum Gasteiger partial charge on any atom is 0.251 e. The molecule has 0 aliphatic carbocycles. The lowest BCUT2D eigenvalue weighted by Crippen LogP contribution is -2.26. The molecule has 0 unspecified atom stereocenters. The first-order valence-electron chi connectivity index (χ1n) is 10.8. The highest BCUT2D eigenvalue weighted by atomic mass is 16.5. The van der Waals surface area contributed by atoms with Gasteiger partial charge in [-0.05, 0) is 54.6 Å². The van der Waals surface area contributed by atoms with Crippen LogP contribution in [0.3, 0.4) is 0 Å². The van der Waals surface area contributed by atoms with Crippen molar-refractivity contribution < 1.29 is 19.0 Å². The average Bonchev–Trinajstić information content (AvgIpc) is 3.21. The smallest absolute Gasteiger partial charge is 0.251 e. The highest BCUT2D eigenvalue weighted by Crippen LogP contribution is 2.19. The minimum Gasteiger partial charge on any atom is -0.497 e. The molecule has 7 heteroatoms. The number of methoxy groups -OCH3 is 2. The van der Waals surface area contributed by atoms with E-state index in [1.165, 1.54) is 0 Å². The van der Waals surface area contributed by atoms with Gasteiger partial charge in [0.2, 0.25) is 0 Å². The highest BCUT2D eigenvalue weighted by molar-refractivity contribution is 5.94. The molecule has 1 N–H and O–H groups in total. The van der Waals surface area contributed by atoms with E-state index in [0.717, 1.165) is 28.4 Å². The van der Waals surface area contributed by atoms with Crippen LogP contribution in [0.25, 0.3) is 11.0 Å². The first-order chi connectivity index (χ1) is 16.2. The summed E-state index contributed by atoms with van der Waals surface area (Å²) in [5, 5.41) is 2.97. The molecule has 0 aliphatic rings. The second-order valence-electron chi connectivity index (χ2n) is 7.43. The minimum absolute atomic E-state index is 0.139. The number of amides is 1. The Morgan fingerprint density at radius 1 is 0.909 bits per heavy atom. The van der Waals surface area contributed by atoms with E-state index >= 15 is 0 Å². The maximum absolute atomic E-state index is 12.5. The van der Waals surface area contributed by atoms with Gasteiger partial charge in [0.25, 0.3) is 5.91 Å². The highest BCUT2D eigenvalue weighted by Gasteiger charge is 2.12. The minimum atomic E-state index is -0.139. The van der Waals surface area contributed by atoms with Crippen LogP contribution in [0.15, 0.2) is 72.8 Å². The normalized spacial score (nSPS) is 10.7. The fourth-order valence-corrected chi connectivity index (χ4v) is 3.65. The number of carbonyl (C=O) groups excluding carboxylic acids is 1. The van der Waals surface area contributed by atoms with Crippen molar-refractivity contribution in [1.82, 2.24) is 14.9 Å². The standard InChI is InChI=1S/C26H27N3O4/c1-31-20-10-12-21(13-11-20)33-17-16-29-24-9-4-3-8-23(24)28-25(29)14-15-27-26(30)19-6-5-7-22(18-19)32-2/h3-13,18H,14-17H2,1-2H3,(H,27,30). The largest absolute Gasteiger partial charge is 0.497 e. The number of nitrogens with zero attached hydrogens (tertiary/aromatic N) is 2. The Bertz CT molecular complexity index is 1220. The SMILES string of the molecule is COc1ccc(OCCn2c(CCNC(=O)c3cccc(OC)c3)nc3ccccc32)cc1. The molecule has 4 aromatic rings. The van der Waals surface area contributed by atoms with Gasteiger partial charge >= 0.3 is 0 Å². The molecule has 1 amide bonds. The van der Waals surface area contributed by atoms with Gasteiger partial charge < -0.3 is 24.1 Å². The fourth-order valence-electron chi connectivity index (χ4n) is 3.65. The second kappa shape index (κ2) is 10.5. The number of rotatable bonds is 10. The molecule has 0 saturated carbocycles. The molecule has 33 heavy (non-hydrogen) atoms. The third-order valence-corrected chi connectivity index (χ3v) is 5.34. The molecule has 4 rings (SSSR count). The summed E-state index contributed by atoms with van der Waals surface area (Å²) in [6.45, 7) is 1.61. The Balaban J connectivity index is 1.40. The van der Waals surface area contributed by atoms with E-state index in [0.29, 0.717) is 37.4 Å². The maximum atomic E-state index is 12.5. The Kier molecular flexibility index (Phi) is 7.09. The summed E-state index contributed by atoms with van der Waals surface area (Å²) in [4.78, 5) is 17.3. The van der Waals surface area contributed by atoms with Crippen LogP contribution in [0.4, 0.5) is 0 Å². The van der Waals surface area contributed by atoms with Crippen molar-refractivity contribution in [2.75, 3.05) is 27.4 Å². The average molecular weight is 446 g/mol. The van der Waals surface area contributed by atoms with Crippen LogP contribution in [-0.2, 0) is 13.0 Å². The summed E-state index contributed by atoms with van der Waals surface area (Å²) in [7, 11) is 3.22. The second-order valence-corrected chi connectivity index (χ2v) is 7.43. The molecule has 0 bridgehead atoms. The molecule has 1 heterocycles. The van der Waals surface area contributed by atoms with E-state index in [1.54, 1.807) is 32.4 Å². The quantitative estimate of drug-likeness (QED) is 0.398. The number of hydrogen-bond donors (Lipinski definition) is 1. The van der Waals surface area contributed by atoms with Crippen molar-refractivity contribution in [2.45, 2.75) is 13.0 Å². The molecular weight excluding hydrogens is 418 g/mol. The summed E-state index contributed by atoms with van der Waals surface area (Å²) >= 11 is 0. The number of aromatic nitrogens is 2. The number of nitrogens with one attached hydrogen (secondary N) is 1. The first-order valence-corrected chi connectivity index (χ1v) is 10.8. The van der Waals surface area contributed by atoms with Gasteiger partial charge in [-0.3, -0.25) is 4.79 Å². The van der Waals surface area contributed by atoms with Crippen LogP contribution in [0.5, 0.6) is 17.2 Å². The van der Waals surface area contributed by atoms with E-state index in [4.69, 9.17) is 19.2 Å². The van der Waals surface area contributed by atoms with Gasteiger partial charge in [-0.25, -0.2) is 4.98 Å². The molecule has 170 valence electrons. The zero-order valence-corrected chi connectivity index (χ0v) is 18.8. The van der Waals surface area contributed by atoms with Crippen molar-refractivity contribution in [2.24, 2.45) is 0 Å².